The van der Waals surface area contributed by atoms with Crippen molar-refractivity contribution in [3.05, 3.63) is 29.6 Å². The van der Waals surface area contributed by atoms with Gasteiger partial charge in [0.2, 0.25) is 0 Å². The Hall–Kier alpha value is -0.945. The molecule has 6 heteroatoms. The number of rotatable bonds is 3. The molecule has 1 saturated heterocycles. The number of morpholine rings is 1. The summed E-state index contributed by atoms with van der Waals surface area (Å²) in [6, 6.07) is 4.70. The normalized spacial score (nSPS) is 26.4. The van der Waals surface area contributed by atoms with Crippen LogP contribution < -0.4 is 5.46 Å². The van der Waals surface area contributed by atoms with E-state index in [-0.39, 0.29) is 5.46 Å². The van der Waals surface area contributed by atoms with Crippen LogP contribution in [-0.4, -0.2) is 47.4 Å². The van der Waals surface area contributed by atoms with Gasteiger partial charge in [-0.25, -0.2) is 4.39 Å². The van der Waals surface area contributed by atoms with Crippen molar-refractivity contribution in [2.45, 2.75) is 44.4 Å². The Labute approximate surface area is 124 Å². The van der Waals surface area contributed by atoms with Crippen LogP contribution in [0, 0.1) is 5.82 Å². The minimum absolute atomic E-state index is 0.207. The van der Waals surface area contributed by atoms with Crippen molar-refractivity contribution in [2.24, 2.45) is 0 Å². The van der Waals surface area contributed by atoms with Gasteiger partial charge in [-0.15, -0.1) is 0 Å². The predicted octanol–water partition coefficient (Wildman–Crippen LogP) is 0.649. The second-order valence-corrected chi connectivity index (χ2v) is 6.00. The van der Waals surface area contributed by atoms with Gasteiger partial charge in [0.1, 0.15) is 5.82 Å². The summed E-state index contributed by atoms with van der Waals surface area (Å²) in [6.45, 7) is 2.18. The lowest BCUT2D eigenvalue weighted by molar-refractivity contribution is -0.0911. The maximum atomic E-state index is 13.6. The summed E-state index contributed by atoms with van der Waals surface area (Å²) in [6.07, 6.45) is 4.95. The van der Waals surface area contributed by atoms with E-state index in [1.165, 1.54) is 18.9 Å². The van der Waals surface area contributed by atoms with Gasteiger partial charge in [-0.1, -0.05) is 18.9 Å². The molecule has 3 rings (SSSR count). The van der Waals surface area contributed by atoms with Gasteiger partial charge < -0.3 is 14.8 Å². The van der Waals surface area contributed by atoms with Crippen LogP contribution in [0.15, 0.2) is 18.2 Å². The maximum absolute atomic E-state index is 13.6. The fraction of sp³-hybridized carbons (Fsp3) is 0.600. The summed E-state index contributed by atoms with van der Waals surface area (Å²) in [4.78, 5) is 2.34. The monoisotopic (exact) mass is 293 g/mol. The smallest absolute Gasteiger partial charge is 0.423 e. The molecule has 0 radical (unpaired) electrons. The summed E-state index contributed by atoms with van der Waals surface area (Å²) < 4.78 is 19.4. The van der Waals surface area contributed by atoms with E-state index in [0.29, 0.717) is 25.3 Å². The van der Waals surface area contributed by atoms with E-state index in [2.05, 4.69) is 4.90 Å². The molecule has 4 nitrogen and oxygen atoms in total. The average Bonchev–Trinajstić information content (AvgIpc) is 2.47. The van der Waals surface area contributed by atoms with Crippen LogP contribution in [-0.2, 0) is 11.3 Å². The van der Waals surface area contributed by atoms with Gasteiger partial charge in [0.25, 0.3) is 0 Å². The quantitative estimate of drug-likeness (QED) is 0.804. The largest absolute Gasteiger partial charge is 0.488 e. The molecule has 0 bridgehead atoms. The molecule has 2 atom stereocenters. The number of nitrogens with zero attached hydrogens (tertiary/aromatic N) is 1. The van der Waals surface area contributed by atoms with Crippen LogP contribution in [0.4, 0.5) is 4.39 Å². The maximum Gasteiger partial charge on any atom is 0.488 e. The number of ether oxygens (including phenoxy) is 1. The minimum Gasteiger partial charge on any atom is -0.423 e. The molecule has 0 aromatic heterocycles. The van der Waals surface area contributed by atoms with E-state index in [9.17, 15) is 14.4 Å². The Balaban J connectivity index is 1.76. The van der Waals surface area contributed by atoms with Gasteiger partial charge in [0.15, 0.2) is 0 Å². The molecule has 1 aromatic carbocycles. The van der Waals surface area contributed by atoms with Gasteiger partial charge in [-0.2, -0.15) is 0 Å². The standard InChI is InChI=1S/C15H21BFNO3/c17-13-8-11(7-12(9-13)16(19)20)10-18-5-6-21-15-4-2-1-3-14(15)18/h7-9,14-15,19-20H,1-6,10H2. The van der Waals surface area contributed by atoms with Crippen LogP contribution in [0.1, 0.15) is 31.2 Å². The van der Waals surface area contributed by atoms with E-state index in [0.717, 1.165) is 31.0 Å². The fourth-order valence-corrected chi connectivity index (χ4v) is 3.52. The minimum atomic E-state index is -1.63. The lowest BCUT2D eigenvalue weighted by Gasteiger charge is -2.44. The first-order valence-corrected chi connectivity index (χ1v) is 7.64. The zero-order valence-electron chi connectivity index (χ0n) is 12.0. The van der Waals surface area contributed by atoms with Gasteiger partial charge >= 0.3 is 7.12 Å². The molecule has 2 fully saturated rings. The molecular formula is C15H21BFNO3. The summed E-state index contributed by atoms with van der Waals surface area (Å²) in [5.41, 5.74) is 0.989. The first-order valence-electron chi connectivity index (χ1n) is 7.64. The lowest BCUT2D eigenvalue weighted by atomic mass is 9.79. The Bertz CT molecular complexity index is 498. The highest BCUT2D eigenvalue weighted by Gasteiger charge is 2.34. The van der Waals surface area contributed by atoms with E-state index >= 15 is 0 Å². The van der Waals surface area contributed by atoms with Crippen LogP contribution in [0.25, 0.3) is 0 Å². The SMILES string of the molecule is OB(O)c1cc(F)cc(CN2CCOC3CCCCC32)c1. The zero-order valence-corrected chi connectivity index (χ0v) is 12.0. The van der Waals surface area contributed by atoms with Gasteiger partial charge in [0, 0.05) is 19.1 Å². The van der Waals surface area contributed by atoms with Crippen LogP contribution in [0.5, 0.6) is 0 Å². The van der Waals surface area contributed by atoms with E-state index in [1.807, 2.05) is 0 Å². The van der Waals surface area contributed by atoms with Crippen LogP contribution >= 0.6 is 0 Å². The Morgan fingerprint density at radius 3 is 2.86 bits per heavy atom. The summed E-state index contributed by atoms with van der Waals surface area (Å²) in [5.74, 6) is -0.427. The molecule has 0 amide bonds. The number of halogens is 1. The molecule has 1 aliphatic carbocycles. The zero-order chi connectivity index (χ0) is 14.8. The average molecular weight is 293 g/mol. The molecule has 2 unspecified atom stereocenters. The third-order valence-corrected chi connectivity index (χ3v) is 4.51. The highest BCUT2D eigenvalue weighted by Crippen LogP contribution is 2.29. The van der Waals surface area contributed by atoms with Crippen LogP contribution in [0.3, 0.4) is 0 Å². The Morgan fingerprint density at radius 1 is 1.24 bits per heavy atom. The Morgan fingerprint density at radius 2 is 2.05 bits per heavy atom. The molecule has 1 aromatic rings. The first-order chi connectivity index (χ1) is 10.1. The molecule has 1 saturated carbocycles. The van der Waals surface area contributed by atoms with Crippen molar-refractivity contribution in [3.8, 4) is 0 Å². The molecule has 2 aliphatic rings. The highest BCUT2D eigenvalue weighted by molar-refractivity contribution is 6.58. The molecule has 0 spiro atoms. The summed E-state index contributed by atoms with van der Waals surface area (Å²) in [7, 11) is -1.63. The van der Waals surface area contributed by atoms with E-state index < -0.39 is 12.9 Å². The van der Waals surface area contributed by atoms with Gasteiger partial charge in [0.05, 0.1) is 12.7 Å². The molecule has 1 heterocycles. The number of benzene rings is 1. The number of fused-ring (bicyclic) bond motifs is 1. The third-order valence-electron chi connectivity index (χ3n) is 4.51. The third kappa shape index (κ3) is 3.45. The molecule has 1 aliphatic heterocycles. The topological polar surface area (TPSA) is 52.9 Å². The highest BCUT2D eigenvalue weighted by atomic mass is 19.1. The van der Waals surface area contributed by atoms with Crippen LogP contribution in [0.2, 0.25) is 0 Å². The Kier molecular flexibility index (Phi) is 4.59. The molecule has 114 valence electrons. The van der Waals surface area contributed by atoms with Gasteiger partial charge in [-0.05, 0) is 36.0 Å². The van der Waals surface area contributed by atoms with E-state index in [1.54, 1.807) is 6.07 Å². The predicted molar refractivity (Wildman–Crippen MR) is 78.6 cm³/mol. The number of hydrogen-bond donors (Lipinski definition) is 2. The molecular weight excluding hydrogens is 272 g/mol. The molecule has 21 heavy (non-hydrogen) atoms. The first kappa shape index (κ1) is 15.0. The second-order valence-electron chi connectivity index (χ2n) is 6.00. The van der Waals surface area contributed by atoms with Crippen molar-refractivity contribution in [3.63, 3.8) is 0 Å². The molecule has 2 N–H and O–H groups in total. The summed E-state index contributed by atoms with van der Waals surface area (Å²) in [5, 5.41) is 18.4. The van der Waals surface area contributed by atoms with Crippen molar-refractivity contribution in [1.82, 2.24) is 4.90 Å². The van der Waals surface area contributed by atoms with Crippen molar-refractivity contribution in [1.29, 1.82) is 0 Å². The summed E-state index contributed by atoms with van der Waals surface area (Å²) >= 11 is 0. The van der Waals surface area contributed by atoms with Crippen molar-refractivity contribution in [2.75, 3.05) is 13.2 Å². The fourth-order valence-electron chi connectivity index (χ4n) is 3.52. The lowest BCUT2D eigenvalue weighted by Crippen LogP contribution is -2.52. The van der Waals surface area contributed by atoms with Crippen molar-refractivity contribution >= 4 is 12.6 Å². The van der Waals surface area contributed by atoms with Crippen molar-refractivity contribution < 1.29 is 19.2 Å². The number of hydrogen-bond acceptors (Lipinski definition) is 4. The van der Waals surface area contributed by atoms with Gasteiger partial charge in [-0.3, -0.25) is 4.90 Å². The van der Waals surface area contributed by atoms with E-state index in [4.69, 9.17) is 4.74 Å². The second kappa shape index (κ2) is 6.44.